The van der Waals surface area contributed by atoms with E-state index in [0.29, 0.717) is 15.9 Å². The molecule has 28 heavy (non-hydrogen) atoms. The number of nitrogens with one attached hydrogen (secondary N) is 1. The lowest BCUT2D eigenvalue weighted by molar-refractivity contribution is 0.0462. The Morgan fingerprint density at radius 3 is 2.79 bits per heavy atom. The number of nitrogen functional groups attached to an aromatic ring is 1. The number of carbonyl (C=O) groups is 1. The molecule has 3 rings (SSSR count). The summed E-state index contributed by atoms with van der Waals surface area (Å²) in [6.07, 6.45) is 0. The Balaban J connectivity index is 1.74. The zero-order chi connectivity index (χ0) is 20.1. The molecule has 0 aliphatic carbocycles. The largest absolute Gasteiger partial charge is 0.495 e. The summed E-state index contributed by atoms with van der Waals surface area (Å²) in [5, 5.41) is 3.29. The molecule has 0 fully saturated rings. The lowest BCUT2D eigenvalue weighted by Gasteiger charge is -2.11. The average molecular weight is 465 g/mol. The van der Waals surface area contributed by atoms with E-state index in [9.17, 15) is 4.79 Å². The molecule has 0 aliphatic heterocycles. The van der Waals surface area contributed by atoms with Gasteiger partial charge in [0.25, 0.3) is 0 Å². The predicted octanol–water partition coefficient (Wildman–Crippen LogP) is 3.98. The van der Waals surface area contributed by atoms with Gasteiger partial charge in [0.2, 0.25) is 11.9 Å². The topological polar surface area (TPSA) is 112 Å². The first-order valence-electron chi connectivity index (χ1n) is 7.99. The molecular weight excluding hydrogens is 450 g/mol. The first kappa shape index (κ1) is 19.8. The molecule has 0 bridgehead atoms. The van der Waals surface area contributed by atoms with Crippen LogP contribution in [0.3, 0.4) is 0 Å². The quantitative estimate of drug-likeness (QED) is 0.527. The van der Waals surface area contributed by atoms with E-state index in [-0.39, 0.29) is 34.9 Å². The molecule has 144 valence electrons. The zero-order valence-electron chi connectivity index (χ0n) is 14.6. The Morgan fingerprint density at radius 1 is 1.21 bits per heavy atom. The molecule has 1 heterocycles. The van der Waals surface area contributed by atoms with Gasteiger partial charge in [0.15, 0.2) is 12.4 Å². The number of halogens is 2. The molecule has 0 unspecified atom stereocenters. The highest BCUT2D eigenvalue weighted by molar-refractivity contribution is 9.10. The minimum absolute atomic E-state index is 0.0149. The third-order valence-corrected chi connectivity index (χ3v) is 4.36. The number of para-hydroxylation sites is 2. The monoisotopic (exact) mass is 463 g/mol. The third-order valence-electron chi connectivity index (χ3n) is 3.53. The van der Waals surface area contributed by atoms with Crippen LogP contribution in [0, 0.1) is 0 Å². The van der Waals surface area contributed by atoms with Gasteiger partial charge in [-0.05, 0) is 30.3 Å². The number of benzene rings is 2. The van der Waals surface area contributed by atoms with Crippen molar-refractivity contribution >= 4 is 51.1 Å². The number of carbonyl (C=O) groups excluding carboxylic acids is 1. The molecule has 8 nitrogen and oxygen atoms in total. The Kier molecular flexibility index (Phi) is 6.27. The maximum atomic E-state index is 12.3. The number of nitrogens with two attached hydrogens (primary N) is 1. The van der Waals surface area contributed by atoms with Gasteiger partial charge in [0.1, 0.15) is 5.75 Å². The van der Waals surface area contributed by atoms with E-state index in [4.69, 9.17) is 26.8 Å². The number of nitrogens with zero attached hydrogens (tertiary/aromatic N) is 3. The minimum atomic E-state index is -0.607. The zero-order valence-corrected chi connectivity index (χ0v) is 17.0. The number of hydrogen-bond acceptors (Lipinski definition) is 8. The van der Waals surface area contributed by atoms with Crippen molar-refractivity contribution in [1.82, 2.24) is 15.0 Å². The van der Waals surface area contributed by atoms with Crippen molar-refractivity contribution in [2.75, 3.05) is 18.2 Å². The molecule has 0 radical (unpaired) electrons. The van der Waals surface area contributed by atoms with Crippen LogP contribution in [0.25, 0.3) is 0 Å². The second-order valence-electron chi connectivity index (χ2n) is 5.46. The van der Waals surface area contributed by atoms with Crippen molar-refractivity contribution in [3.05, 3.63) is 63.3 Å². The van der Waals surface area contributed by atoms with Crippen molar-refractivity contribution < 1.29 is 14.3 Å². The summed E-state index contributed by atoms with van der Waals surface area (Å²) in [5.41, 5.74) is 6.62. The van der Waals surface area contributed by atoms with E-state index < -0.39 is 5.97 Å². The van der Waals surface area contributed by atoms with Crippen LogP contribution < -0.4 is 15.8 Å². The molecule has 3 aromatic rings. The SMILES string of the molecule is COc1ccccc1Nc1nc(N)nc(COC(=O)c2cc(Br)ccc2Cl)n1. The van der Waals surface area contributed by atoms with Gasteiger partial charge in [-0.3, -0.25) is 0 Å². The number of aromatic nitrogens is 3. The molecule has 0 amide bonds. The summed E-state index contributed by atoms with van der Waals surface area (Å²) < 4.78 is 11.2. The number of anilines is 3. The van der Waals surface area contributed by atoms with Gasteiger partial charge in [0, 0.05) is 4.47 Å². The number of hydrogen-bond donors (Lipinski definition) is 2. The normalized spacial score (nSPS) is 10.4. The lowest BCUT2D eigenvalue weighted by Crippen LogP contribution is -2.11. The molecule has 0 saturated heterocycles. The van der Waals surface area contributed by atoms with E-state index >= 15 is 0 Å². The van der Waals surface area contributed by atoms with Crippen LogP contribution in [-0.2, 0) is 11.3 Å². The molecule has 2 aromatic carbocycles. The Labute approximate surface area is 174 Å². The van der Waals surface area contributed by atoms with Gasteiger partial charge in [-0.15, -0.1) is 0 Å². The van der Waals surface area contributed by atoms with Crippen molar-refractivity contribution in [2.45, 2.75) is 6.61 Å². The maximum absolute atomic E-state index is 12.3. The van der Waals surface area contributed by atoms with E-state index in [1.807, 2.05) is 12.1 Å². The fourth-order valence-electron chi connectivity index (χ4n) is 2.29. The van der Waals surface area contributed by atoms with Crippen LogP contribution in [0.1, 0.15) is 16.2 Å². The summed E-state index contributed by atoms with van der Waals surface area (Å²) in [6, 6.07) is 12.1. The fourth-order valence-corrected chi connectivity index (χ4v) is 2.84. The maximum Gasteiger partial charge on any atom is 0.340 e. The molecule has 0 saturated carbocycles. The van der Waals surface area contributed by atoms with Crippen molar-refractivity contribution in [3.63, 3.8) is 0 Å². The van der Waals surface area contributed by atoms with Crippen LogP contribution >= 0.6 is 27.5 Å². The van der Waals surface area contributed by atoms with Gasteiger partial charge in [-0.1, -0.05) is 39.7 Å². The molecule has 0 spiro atoms. The van der Waals surface area contributed by atoms with Crippen LogP contribution in [0.5, 0.6) is 5.75 Å². The standard InChI is InChI=1S/C18H15BrClN5O3/c1-27-14-5-3-2-4-13(14)22-18-24-15(23-17(21)25-18)9-28-16(26)11-8-10(19)6-7-12(11)20/h2-8H,9H2,1H3,(H3,21,22,23,24,25). The number of esters is 1. The first-order chi connectivity index (χ1) is 13.5. The lowest BCUT2D eigenvalue weighted by atomic mass is 10.2. The smallest absolute Gasteiger partial charge is 0.340 e. The molecule has 10 heteroatoms. The van der Waals surface area contributed by atoms with E-state index in [1.165, 1.54) is 0 Å². The van der Waals surface area contributed by atoms with E-state index in [1.54, 1.807) is 37.4 Å². The summed E-state index contributed by atoms with van der Waals surface area (Å²) in [6.45, 7) is -0.199. The van der Waals surface area contributed by atoms with Gasteiger partial charge < -0.3 is 20.5 Å². The highest BCUT2D eigenvalue weighted by atomic mass is 79.9. The van der Waals surface area contributed by atoms with Crippen molar-refractivity contribution in [3.8, 4) is 5.75 Å². The van der Waals surface area contributed by atoms with Gasteiger partial charge in [-0.25, -0.2) is 4.79 Å². The number of rotatable bonds is 6. The van der Waals surface area contributed by atoms with E-state index in [0.717, 1.165) is 0 Å². The van der Waals surface area contributed by atoms with E-state index in [2.05, 4.69) is 36.2 Å². The second kappa shape index (κ2) is 8.85. The molecule has 0 atom stereocenters. The first-order valence-corrected chi connectivity index (χ1v) is 9.16. The summed E-state index contributed by atoms with van der Waals surface area (Å²) >= 11 is 9.33. The van der Waals surface area contributed by atoms with Crippen LogP contribution in [-0.4, -0.2) is 28.0 Å². The third kappa shape index (κ3) is 4.87. The highest BCUT2D eigenvalue weighted by Gasteiger charge is 2.14. The molecule has 1 aromatic heterocycles. The summed E-state index contributed by atoms with van der Waals surface area (Å²) in [5.74, 6) is 0.370. The Hall–Kier alpha value is -2.91. The average Bonchev–Trinajstić information content (AvgIpc) is 2.68. The van der Waals surface area contributed by atoms with Crippen molar-refractivity contribution in [1.29, 1.82) is 0 Å². The fraction of sp³-hybridized carbons (Fsp3) is 0.111. The summed E-state index contributed by atoms with van der Waals surface area (Å²) in [7, 11) is 1.56. The Bertz CT molecular complexity index is 1020. The van der Waals surface area contributed by atoms with Crippen LogP contribution in [0.15, 0.2) is 46.9 Å². The van der Waals surface area contributed by atoms with Gasteiger partial charge >= 0.3 is 5.97 Å². The number of ether oxygens (including phenoxy) is 2. The van der Waals surface area contributed by atoms with Crippen LogP contribution in [0.4, 0.5) is 17.6 Å². The molecular formula is C18H15BrClN5O3. The van der Waals surface area contributed by atoms with Crippen LogP contribution in [0.2, 0.25) is 5.02 Å². The molecule has 0 aliphatic rings. The highest BCUT2D eigenvalue weighted by Crippen LogP contribution is 2.26. The van der Waals surface area contributed by atoms with Gasteiger partial charge in [0.05, 0.1) is 23.4 Å². The minimum Gasteiger partial charge on any atom is -0.495 e. The molecule has 3 N–H and O–H groups in total. The summed E-state index contributed by atoms with van der Waals surface area (Å²) in [4.78, 5) is 24.5. The van der Waals surface area contributed by atoms with Crippen molar-refractivity contribution in [2.24, 2.45) is 0 Å². The Morgan fingerprint density at radius 2 is 2.00 bits per heavy atom. The number of methoxy groups -OCH3 is 1. The van der Waals surface area contributed by atoms with Gasteiger partial charge in [-0.2, -0.15) is 15.0 Å². The predicted molar refractivity (Wildman–Crippen MR) is 109 cm³/mol. The second-order valence-corrected chi connectivity index (χ2v) is 6.78.